The van der Waals surface area contributed by atoms with Crippen LogP contribution in [0, 0.1) is 0 Å². The van der Waals surface area contributed by atoms with Gasteiger partial charge in [-0.1, -0.05) is 12.1 Å². The number of benzene rings is 1. The molecule has 34 heavy (non-hydrogen) atoms. The molecule has 7 nitrogen and oxygen atoms in total. The van der Waals surface area contributed by atoms with Gasteiger partial charge in [-0.25, -0.2) is 13.2 Å². The maximum Gasteiger partial charge on any atom is 0.249 e. The van der Waals surface area contributed by atoms with Gasteiger partial charge in [0.25, 0.3) is 0 Å². The van der Waals surface area contributed by atoms with Crippen LogP contribution in [0.5, 0.6) is 0 Å². The van der Waals surface area contributed by atoms with E-state index in [9.17, 15) is 18.4 Å². The van der Waals surface area contributed by atoms with E-state index in [1.54, 1.807) is 18.3 Å². The van der Waals surface area contributed by atoms with Crippen molar-refractivity contribution in [3.63, 3.8) is 0 Å². The predicted octanol–water partition coefficient (Wildman–Crippen LogP) is 4.61. The van der Waals surface area contributed by atoms with Crippen molar-refractivity contribution in [1.82, 2.24) is 19.7 Å². The monoisotopic (exact) mass is 505 g/mol. The van der Waals surface area contributed by atoms with E-state index in [2.05, 4.69) is 19.7 Å². The minimum atomic E-state index is -2.72. The molecule has 2 heterocycles. The van der Waals surface area contributed by atoms with E-state index < -0.39 is 29.8 Å². The number of amides is 2. The number of hydrogen-bond acceptors (Lipinski definition) is 6. The molecule has 11 heteroatoms. The fraction of sp³-hybridized carbons (Fsp3) is 0.348. The van der Waals surface area contributed by atoms with Crippen LogP contribution in [0.1, 0.15) is 37.4 Å². The van der Waals surface area contributed by atoms with Crippen LogP contribution in [0.25, 0.3) is 10.4 Å². The largest absolute Gasteiger partial charge is 0.351 e. The zero-order chi connectivity index (χ0) is 24.1. The van der Waals surface area contributed by atoms with Gasteiger partial charge in [0, 0.05) is 43.2 Å². The molecule has 1 aliphatic carbocycles. The number of alkyl halides is 3. The lowest BCUT2D eigenvalue weighted by Gasteiger charge is -2.33. The number of carbonyl (C=O) groups excluding carboxylic acids is 2. The van der Waals surface area contributed by atoms with Crippen molar-refractivity contribution in [1.29, 1.82) is 0 Å². The summed E-state index contributed by atoms with van der Waals surface area (Å²) in [5, 5.41) is 2.83. The summed E-state index contributed by atoms with van der Waals surface area (Å²) in [6.07, 6.45) is 5.70. The Bertz CT molecular complexity index is 1110. The Morgan fingerprint density at radius 2 is 1.88 bits per heavy atom. The smallest absolute Gasteiger partial charge is 0.249 e. The van der Waals surface area contributed by atoms with E-state index in [-0.39, 0.29) is 37.3 Å². The molecule has 1 unspecified atom stereocenters. The lowest BCUT2D eigenvalue weighted by atomic mass is 9.92. The van der Waals surface area contributed by atoms with Gasteiger partial charge in [0.15, 0.2) is 6.04 Å². The SMILES string of the molecule is O=C(NC1CCC(F)(F)CC1)C(c1cnccn1)N(C(=O)CCl)c1ccc(-c2ccns2)cc1. The quantitative estimate of drug-likeness (QED) is 0.474. The molecule has 2 aromatic heterocycles. The van der Waals surface area contributed by atoms with Gasteiger partial charge in [-0.05, 0) is 48.1 Å². The van der Waals surface area contributed by atoms with Crippen molar-refractivity contribution in [2.75, 3.05) is 10.8 Å². The molecule has 0 spiro atoms. The first-order chi connectivity index (χ1) is 16.4. The Labute approximate surface area is 204 Å². The number of anilines is 1. The molecule has 1 aliphatic rings. The summed E-state index contributed by atoms with van der Waals surface area (Å²) in [6, 6.07) is 7.38. The standard InChI is InChI=1S/C23H22ClF2N5O2S/c24-13-20(32)31(17-3-1-15(2-4-17)19-7-10-29-34-19)21(18-14-27-11-12-28-18)22(33)30-16-5-8-23(25,26)9-6-16/h1-4,7,10-12,14,16,21H,5-6,8-9,13H2,(H,30,33). The van der Waals surface area contributed by atoms with Gasteiger partial charge < -0.3 is 5.32 Å². The second-order valence-electron chi connectivity index (χ2n) is 7.99. The molecule has 0 radical (unpaired) electrons. The summed E-state index contributed by atoms with van der Waals surface area (Å²) >= 11 is 7.26. The second-order valence-corrected chi connectivity index (χ2v) is 9.09. The van der Waals surface area contributed by atoms with Crippen molar-refractivity contribution in [2.24, 2.45) is 0 Å². The zero-order valence-electron chi connectivity index (χ0n) is 18.0. The minimum absolute atomic E-state index is 0.152. The number of carbonyl (C=O) groups is 2. The third-order valence-electron chi connectivity index (χ3n) is 5.68. The molecular formula is C23H22ClF2N5O2S. The second kappa shape index (κ2) is 10.5. The van der Waals surface area contributed by atoms with Crippen LogP contribution in [0.4, 0.5) is 14.5 Å². The van der Waals surface area contributed by atoms with Gasteiger partial charge in [0.05, 0.1) is 16.8 Å². The molecule has 1 N–H and O–H groups in total. The fourth-order valence-corrected chi connectivity index (χ4v) is 4.68. The molecule has 2 amide bonds. The van der Waals surface area contributed by atoms with E-state index >= 15 is 0 Å². The van der Waals surface area contributed by atoms with Crippen molar-refractivity contribution in [2.45, 2.75) is 43.7 Å². The topological polar surface area (TPSA) is 88.1 Å². The van der Waals surface area contributed by atoms with E-state index in [0.29, 0.717) is 5.69 Å². The molecular weight excluding hydrogens is 484 g/mol. The van der Waals surface area contributed by atoms with Crippen molar-refractivity contribution < 1.29 is 18.4 Å². The highest BCUT2D eigenvalue weighted by molar-refractivity contribution is 7.09. The molecule has 0 bridgehead atoms. The van der Waals surface area contributed by atoms with Crippen molar-refractivity contribution in [3.8, 4) is 10.4 Å². The summed E-state index contributed by atoms with van der Waals surface area (Å²) in [6.45, 7) is 0. The molecule has 1 atom stereocenters. The normalized spacial score (nSPS) is 16.6. The molecule has 3 aromatic rings. The summed E-state index contributed by atoms with van der Waals surface area (Å²) in [5.41, 5.74) is 1.60. The zero-order valence-corrected chi connectivity index (χ0v) is 19.6. The van der Waals surface area contributed by atoms with Gasteiger partial charge >= 0.3 is 0 Å². The lowest BCUT2D eigenvalue weighted by molar-refractivity contribution is -0.127. The summed E-state index contributed by atoms with van der Waals surface area (Å²) in [4.78, 5) is 37.0. The van der Waals surface area contributed by atoms with E-state index in [1.165, 1.54) is 35.0 Å². The third-order valence-corrected chi connectivity index (χ3v) is 6.71. The van der Waals surface area contributed by atoms with Crippen LogP contribution in [-0.2, 0) is 9.59 Å². The number of nitrogens with one attached hydrogen (secondary N) is 1. The van der Waals surface area contributed by atoms with Crippen LogP contribution in [0.15, 0.2) is 55.1 Å². The maximum absolute atomic E-state index is 13.6. The Hall–Kier alpha value is -2.98. The molecule has 1 saturated carbocycles. The minimum Gasteiger partial charge on any atom is -0.351 e. The molecule has 1 fully saturated rings. The molecule has 0 saturated heterocycles. The van der Waals surface area contributed by atoms with Crippen molar-refractivity contribution in [3.05, 3.63) is 60.8 Å². The number of nitrogens with zero attached hydrogens (tertiary/aromatic N) is 4. The van der Waals surface area contributed by atoms with E-state index in [1.807, 2.05) is 18.2 Å². The summed E-state index contributed by atoms with van der Waals surface area (Å²) in [5.74, 6) is -4.11. The predicted molar refractivity (Wildman–Crippen MR) is 126 cm³/mol. The lowest BCUT2D eigenvalue weighted by Crippen LogP contribution is -2.49. The number of aromatic nitrogens is 3. The average molecular weight is 506 g/mol. The van der Waals surface area contributed by atoms with Gasteiger partial charge in [0.1, 0.15) is 5.88 Å². The van der Waals surface area contributed by atoms with E-state index in [0.717, 1.165) is 10.4 Å². The highest BCUT2D eigenvalue weighted by Crippen LogP contribution is 2.34. The number of hydrogen-bond donors (Lipinski definition) is 1. The maximum atomic E-state index is 13.6. The Balaban J connectivity index is 1.65. The first kappa shape index (κ1) is 24.2. The average Bonchev–Trinajstić information content (AvgIpc) is 3.39. The molecule has 1 aromatic carbocycles. The first-order valence-electron chi connectivity index (χ1n) is 10.7. The molecule has 4 rings (SSSR count). The van der Waals surface area contributed by atoms with Crippen LogP contribution >= 0.6 is 23.1 Å². The van der Waals surface area contributed by atoms with E-state index in [4.69, 9.17) is 11.6 Å². The Kier molecular flexibility index (Phi) is 7.47. The summed E-state index contributed by atoms with van der Waals surface area (Å²) < 4.78 is 31.2. The highest BCUT2D eigenvalue weighted by atomic mass is 35.5. The Morgan fingerprint density at radius 1 is 1.15 bits per heavy atom. The van der Waals surface area contributed by atoms with Crippen LogP contribution in [-0.4, -0.2) is 44.0 Å². The van der Waals surface area contributed by atoms with Crippen LogP contribution in [0.3, 0.4) is 0 Å². The Morgan fingerprint density at radius 3 is 2.47 bits per heavy atom. The molecule has 0 aliphatic heterocycles. The number of halogens is 3. The summed E-state index contributed by atoms with van der Waals surface area (Å²) in [7, 11) is 0. The van der Waals surface area contributed by atoms with Gasteiger partial charge in [-0.3, -0.25) is 24.5 Å². The number of rotatable bonds is 7. The fourth-order valence-electron chi connectivity index (χ4n) is 3.95. The van der Waals surface area contributed by atoms with Crippen LogP contribution in [0.2, 0.25) is 0 Å². The van der Waals surface area contributed by atoms with Crippen LogP contribution < -0.4 is 10.2 Å². The van der Waals surface area contributed by atoms with Gasteiger partial charge in [-0.2, -0.15) is 0 Å². The van der Waals surface area contributed by atoms with Gasteiger partial charge in [-0.15, -0.1) is 11.6 Å². The first-order valence-corrected chi connectivity index (χ1v) is 12.0. The van der Waals surface area contributed by atoms with Gasteiger partial charge in [0.2, 0.25) is 17.7 Å². The molecule has 178 valence electrons. The highest BCUT2D eigenvalue weighted by Gasteiger charge is 2.38. The van der Waals surface area contributed by atoms with Crippen molar-refractivity contribution >= 4 is 40.6 Å². The third kappa shape index (κ3) is 5.56.